The van der Waals surface area contributed by atoms with Crippen molar-refractivity contribution in [1.29, 1.82) is 0 Å². The van der Waals surface area contributed by atoms with E-state index in [-0.39, 0.29) is 17.7 Å². The van der Waals surface area contributed by atoms with E-state index in [1.54, 1.807) is 0 Å². The fraction of sp³-hybridized carbons (Fsp3) is 0.667. The molecular formula is C18H27N3O2S. The highest BCUT2D eigenvalue weighted by molar-refractivity contribution is 7.10. The number of hydrogen-bond acceptors (Lipinski definition) is 4. The van der Waals surface area contributed by atoms with Crippen LogP contribution in [0.4, 0.5) is 0 Å². The topological polar surface area (TPSA) is 52.6 Å². The average Bonchev–Trinajstić information content (AvgIpc) is 3.14. The Morgan fingerprint density at radius 1 is 1.38 bits per heavy atom. The Kier molecular flexibility index (Phi) is 5.56. The van der Waals surface area contributed by atoms with Gasteiger partial charge in [0.25, 0.3) is 0 Å². The smallest absolute Gasteiger partial charge is 0.225 e. The lowest BCUT2D eigenvalue weighted by molar-refractivity contribution is -0.129. The van der Waals surface area contributed by atoms with E-state index in [0.29, 0.717) is 26.1 Å². The predicted octanol–water partition coefficient (Wildman–Crippen LogP) is 1.65. The number of fused-ring (bicyclic) bond motifs is 1. The standard InChI is InChI=1S/C18H27N3O2S/c1-20(2)7-8-21-11-13(9-17(21)22)18(23)19-10-14-12-24-16-6-4-3-5-15(14)16/h12-13H,3-11H2,1-2H3,(H,19,23). The highest BCUT2D eigenvalue weighted by atomic mass is 32.1. The highest BCUT2D eigenvalue weighted by Gasteiger charge is 2.34. The van der Waals surface area contributed by atoms with Crippen molar-refractivity contribution in [1.82, 2.24) is 15.1 Å². The van der Waals surface area contributed by atoms with Crippen LogP contribution in [0.3, 0.4) is 0 Å². The second-order valence-electron chi connectivity index (χ2n) is 7.13. The van der Waals surface area contributed by atoms with Crippen LogP contribution in [0.5, 0.6) is 0 Å². The van der Waals surface area contributed by atoms with Crippen LogP contribution in [0, 0.1) is 5.92 Å². The number of carbonyl (C=O) groups excluding carboxylic acids is 2. The quantitative estimate of drug-likeness (QED) is 0.850. The van der Waals surface area contributed by atoms with Gasteiger partial charge in [-0.05, 0) is 56.3 Å². The molecule has 2 amide bonds. The lowest BCUT2D eigenvalue weighted by Gasteiger charge is -2.19. The molecule has 132 valence electrons. The summed E-state index contributed by atoms with van der Waals surface area (Å²) in [4.78, 5) is 29.9. The van der Waals surface area contributed by atoms with E-state index < -0.39 is 0 Å². The van der Waals surface area contributed by atoms with Crippen LogP contribution in [0.15, 0.2) is 5.38 Å². The molecule has 0 aromatic carbocycles. The fourth-order valence-corrected chi connectivity index (χ4v) is 4.67. The largest absolute Gasteiger partial charge is 0.352 e. The average molecular weight is 350 g/mol. The number of carbonyl (C=O) groups is 2. The third kappa shape index (κ3) is 3.98. The van der Waals surface area contributed by atoms with Gasteiger partial charge in [0.1, 0.15) is 0 Å². The molecule has 1 saturated heterocycles. The molecule has 1 atom stereocenters. The van der Waals surface area contributed by atoms with Crippen molar-refractivity contribution in [3.63, 3.8) is 0 Å². The molecule has 1 aromatic heterocycles. The van der Waals surface area contributed by atoms with Gasteiger partial charge in [0.15, 0.2) is 0 Å². The molecule has 24 heavy (non-hydrogen) atoms. The summed E-state index contributed by atoms with van der Waals surface area (Å²) in [6.07, 6.45) is 5.21. The first-order valence-corrected chi connectivity index (χ1v) is 9.71. The van der Waals surface area contributed by atoms with E-state index in [2.05, 4.69) is 15.6 Å². The van der Waals surface area contributed by atoms with Gasteiger partial charge in [-0.15, -0.1) is 11.3 Å². The Hall–Kier alpha value is -1.40. The molecule has 1 N–H and O–H groups in total. The van der Waals surface area contributed by atoms with Gasteiger partial charge in [0, 0.05) is 37.5 Å². The molecular weight excluding hydrogens is 322 g/mol. The maximum Gasteiger partial charge on any atom is 0.225 e. The molecule has 0 radical (unpaired) electrons. The summed E-state index contributed by atoms with van der Waals surface area (Å²) in [6.45, 7) is 2.70. The minimum absolute atomic E-state index is 0.0199. The van der Waals surface area contributed by atoms with Gasteiger partial charge in [-0.3, -0.25) is 9.59 Å². The van der Waals surface area contributed by atoms with Crippen molar-refractivity contribution in [2.24, 2.45) is 5.92 Å². The van der Waals surface area contributed by atoms with Crippen molar-refractivity contribution < 1.29 is 9.59 Å². The second-order valence-corrected chi connectivity index (χ2v) is 8.10. The van der Waals surface area contributed by atoms with Crippen LogP contribution in [0.1, 0.15) is 35.3 Å². The first-order chi connectivity index (χ1) is 11.5. The molecule has 1 unspecified atom stereocenters. The van der Waals surface area contributed by atoms with E-state index in [0.717, 1.165) is 13.0 Å². The Morgan fingerprint density at radius 3 is 2.96 bits per heavy atom. The zero-order valence-corrected chi connectivity index (χ0v) is 15.5. The first kappa shape index (κ1) is 17.4. The maximum atomic E-state index is 12.4. The zero-order chi connectivity index (χ0) is 17.1. The minimum Gasteiger partial charge on any atom is -0.352 e. The van der Waals surface area contributed by atoms with Crippen LogP contribution in [-0.4, -0.2) is 55.3 Å². The third-order valence-electron chi connectivity index (χ3n) is 5.00. The summed E-state index contributed by atoms with van der Waals surface area (Å²) in [7, 11) is 3.98. The summed E-state index contributed by atoms with van der Waals surface area (Å²) >= 11 is 1.83. The molecule has 1 aliphatic carbocycles. The Bertz CT molecular complexity index is 611. The molecule has 3 rings (SSSR count). The molecule has 0 spiro atoms. The number of thiophene rings is 1. The van der Waals surface area contributed by atoms with Crippen molar-refractivity contribution in [2.45, 2.75) is 38.6 Å². The molecule has 6 heteroatoms. The van der Waals surface area contributed by atoms with Gasteiger partial charge < -0.3 is 15.1 Å². The summed E-state index contributed by atoms with van der Waals surface area (Å²) in [5.74, 6) is -0.0782. The lowest BCUT2D eigenvalue weighted by Crippen LogP contribution is -2.35. The summed E-state index contributed by atoms with van der Waals surface area (Å²) < 4.78 is 0. The Morgan fingerprint density at radius 2 is 2.17 bits per heavy atom. The van der Waals surface area contributed by atoms with E-state index in [1.807, 2.05) is 30.3 Å². The summed E-state index contributed by atoms with van der Waals surface area (Å²) in [5.41, 5.74) is 2.73. The van der Waals surface area contributed by atoms with E-state index >= 15 is 0 Å². The van der Waals surface area contributed by atoms with Gasteiger partial charge in [0.2, 0.25) is 11.8 Å². The predicted molar refractivity (Wildman–Crippen MR) is 96.0 cm³/mol. The van der Waals surface area contributed by atoms with E-state index in [1.165, 1.54) is 35.3 Å². The number of likely N-dealkylation sites (N-methyl/N-ethyl adjacent to an activating group) is 1. The number of nitrogens with one attached hydrogen (secondary N) is 1. The molecule has 2 aliphatic rings. The van der Waals surface area contributed by atoms with Gasteiger partial charge in [-0.25, -0.2) is 0 Å². The normalized spacial score (nSPS) is 20.5. The Labute approximate surface area is 148 Å². The van der Waals surface area contributed by atoms with Gasteiger partial charge >= 0.3 is 0 Å². The lowest BCUT2D eigenvalue weighted by atomic mass is 9.96. The second kappa shape index (κ2) is 7.66. The van der Waals surface area contributed by atoms with Crippen molar-refractivity contribution in [3.8, 4) is 0 Å². The molecule has 1 aliphatic heterocycles. The summed E-state index contributed by atoms with van der Waals surface area (Å²) in [6, 6.07) is 0. The van der Waals surface area contributed by atoms with Crippen molar-refractivity contribution >= 4 is 23.2 Å². The monoisotopic (exact) mass is 349 g/mol. The van der Waals surface area contributed by atoms with Crippen LogP contribution in [-0.2, 0) is 29.0 Å². The van der Waals surface area contributed by atoms with Crippen LogP contribution < -0.4 is 5.32 Å². The Balaban J connectivity index is 1.51. The molecule has 1 aromatic rings. The molecule has 2 heterocycles. The van der Waals surface area contributed by atoms with E-state index in [9.17, 15) is 9.59 Å². The minimum atomic E-state index is -0.200. The van der Waals surface area contributed by atoms with Crippen LogP contribution >= 0.6 is 11.3 Å². The number of nitrogens with zero attached hydrogens (tertiary/aromatic N) is 2. The first-order valence-electron chi connectivity index (χ1n) is 8.83. The SMILES string of the molecule is CN(C)CCN1CC(C(=O)NCc2csc3c2CCCC3)CC1=O. The third-order valence-corrected chi connectivity index (χ3v) is 6.14. The highest BCUT2D eigenvalue weighted by Crippen LogP contribution is 2.30. The van der Waals surface area contributed by atoms with Crippen LogP contribution in [0.2, 0.25) is 0 Å². The fourth-order valence-electron chi connectivity index (χ4n) is 3.52. The van der Waals surface area contributed by atoms with Crippen LogP contribution in [0.25, 0.3) is 0 Å². The van der Waals surface area contributed by atoms with E-state index in [4.69, 9.17) is 0 Å². The molecule has 5 nitrogen and oxygen atoms in total. The molecule has 1 fully saturated rings. The van der Waals surface area contributed by atoms with Gasteiger partial charge in [-0.2, -0.15) is 0 Å². The van der Waals surface area contributed by atoms with Gasteiger partial charge in [0.05, 0.1) is 5.92 Å². The number of amides is 2. The van der Waals surface area contributed by atoms with Crippen molar-refractivity contribution in [2.75, 3.05) is 33.7 Å². The molecule has 0 saturated carbocycles. The number of aryl methyl sites for hydroxylation is 1. The molecule has 0 bridgehead atoms. The zero-order valence-electron chi connectivity index (χ0n) is 14.6. The number of rotatable bonds is 6. The summed E-state index contributed by atoms with van der Waals surface area (Å²) in [5, 5.41) is 5.26. The maximum absolute atomic E-state index is 12.4. The number of likely N-dealkylation sites (tertiary alicyclic amines) is 1. The number of hydrogen-bond donors (Lipinski definition) is 1. The van der Waals surface area contributed by atoms with Crippen molar-refractivity contribution in [3.05, 3.63) is 21.4 Å². The van der Waals surface area contributed by atoms with Gasteiger partial charge in [-0.1, -0.05) is 0 Å².